The maximum absolute atomic E-state index is 15.1. The van der Waals surface area contributed by atoms with Crippen molar-refractivity contribution in [2.75, 3.05) is 55.5 Å². The smallest absolute Gasteiger partial charge is 0.229 e. The van der Waals surface area contributed by atoms with Crippen molar-refractivity contribution in [3.63, 3.8) is 0 Å². The summed E-state index contributed by atoms with van der Waals surface area (Å²) in [5, 5.41) is 9.41. The number of anilines is 4. The highest BCUT2D eigenvalue weighted by atomic mass is 19.1. The van der Waals surface area contributed by atoms with Gasteiger partial charge in [0.2, 0.25) is 11.9 Å². The van der Waals surface area contributed by atoms with E-state index in [0.29, 0.717) is 12.5 Å². The van der Waals surface area contributed by atoms with Gasteiger partial charge in [0.1, 0.15) is 12.4 Å². The van der Waals surface area contributed by atoms with Gasteiger partial charge >= 0.3 is 0 Å². The maximum Gasteiger partial charge on any atom is 0.229 e. The van der Waals surface area contributed by atoms with Crippen molar-refractivity contribution >= 4 is 29.0 Å². The first kappa shape index (κ1) is 27.4. The first-order chi connectivity index (χ1) is 18.6. The lowest BCUT2D eigenvalue weighted by Gasteiger charge is -2.66. The second-order valence-electron chi connectivity index (χ2n) is 11.9. The van der Waals surface area contributed by atoms with Crippen molar-refractivity contribution in [3.05, 3.63) is 30.2 Å². The first-order valence-corrected chi connectivity index (χ1v) is 14.1. The Labute approximate surface area is 230 Å². The second-order valence-corrected chi connectivity index (χ2v) is 11.9. The highest BCUT2D eigenvalue weighted by molar-refractivity contribution is 5.81. The van der Waals surface area contributed by atoms with Crippen molar-refractivity contribution in [1.29, 1.82) is 0 Å². The molecule has 1 amide bonds. The molecule has 4 aliphatic rings. The van der Waals surface area contributed by atoms with Crippen LogP contribution in [-0.2, 0) is 4.79 Å². The largest absolute Gasteiger partial charge is 0.489 e. The number of nitrogens with one attached hydrogen (secondary N) is 3. The van der Waals surface area contributed by atoms with E-state index in [9.17, 15) is 4.79 Å². The van der Waals surface area contributed by atoms with Gasteiger partial charge in [0, 0.05) is 18.8 Å². The maximum atomic E-state index is 15.1. The summed E-state index contributed by atoms with van der Waals surface area (Å²) in [7, 11) is 1.66. The average Bonchev–Trinajstić information content (AvgIpc) is 2.92. The zero-order valence-electron chi connectivity index (χ0n) is 24.0. The summed E-state index contributed by atoms with van der Waals surface area (Å²) in [6.45, 7) is 15.1. The Kier molecular flexibility index (Phi) is 7.35. The topological polar surface area (TPSA) is 94.7 Å². The van der Waals surface area contributed by atoms with E-state index < -0.39 is 11.4 Å². The number of carbonyl (C=O) groups excluding carboxylic acids is 1. The molecular weight excluding hydrogens is 497 g/mol. The van der Waals surface area contributed by atoms with Crippen LogP contribution in [0.1, 0.15) is 47.5 Å². The van der Waals surface area contributed by atoms with E-state index in [-0.39, 0.29) is 34.9 Å². The minimum absolute atomic E-state index is 0.0212. The molecule has 3 aliphatic carbocycles. The van der Waals surface area contributed by atoms with Gasteiger partial charge in [-0.15, -0.1) is 0 Å². The molecule has 4 atom stereocenters. The molecule has 9 nitrogen and oxygen atoms in total. The molecule has 212 valence electrons. The van der Waals surface area contributed by atoms with Gasteiger partial charge < -0.3 is 25.6 Å². The lowest BCUT2D eigenvalue weighted by atomic mass is 9.40. The number of carbonyl (C=O) groups is 1. The third-order valence-corrected chi connectivity index (χ3v) is 9.57. The highest BCUT2D eigenvalue weighted by Gasteiger charge is 2.64. The van der Waals surface area contributed by atoms with Crippen LogP contribution in [0.4, 0.5) is 27.5 Å². The van der Waals surface area contributed by atoms with Crippen molar-refractivity contribution in [3.8, 4) is 5.75 Å². The predicted octanol–water partition coefficient (Wildman–Crippen LogP) is 4.46. The number of rotatable bonds is 9. The molecule has 0 unspecified atom stereocenters. The summed E-state index contributed by atoms with van der Waals surface area (Å²) < 4.78 is 21.0. The van der Waals surface area contributed by atoms with Crippen LogP contribution in [0.25, 0.3) is 0 Å². The lowest BCUT2D eigenvalue weighted by Crippen LogP contribution is -2.69. The molecule has 0 radical (unpaired) electrons. The van der Waals surface area contributed by atoms with E-state index in [0.717, 1.165) is 56.3 Å². The van der Waals surface area contributed by atoms with E-state index in [1.165, 1.54) is 6.20 Å². The Morgan fingerprint density at radius 3 is 2.69 bits per heavy atom. The number of amides is 1. The number of fused-ring (bicyclic) bond motifs is 3. The average molecular weight is 540 g/mol. The van der Waals surface area contributed by atoms with Crippen LogP contribution in [0.3, 0.4) is 0 Å². The van der Waals surface area contributed by atoms with Crippen molar-refractivity contribution in [1.82, 2.24) is 20.2 Å². The van der Waals surface area contributed by atoms with E-state index in [2.05, 4.69) is 63.4 Å². The molecule has 1 aromatic heterocycles. The Bertz CT molecular complexity index is 1220. The fourth-order valence-corrected chi connectivity index (χ4v) is 7.00. The highest BCUT2D eigenvalue weighted by Crippen LogP contribution is 2.65. The number of hydrogen-bond donors (Lipinski definition) is 3. The number of nitrogens with zero attached hydrogens (tertiary/aromatic N) is 4. The second kappa shape index (κ2) is 10.4. The molecule has 0 saturated heterocycles. The molecule has 3 saturated carbocycles. The monoisotopic (exact) mass is 539 g/mol. The molecular formula is C29H42FN7O2. The van der Waals surface area contributed by atoms with E-state index >= 15 is 4.39 Å². The lowest BCUT2D eigenvalue weighted by molar-refractivity contribution is -0.155. The fraction of sp³-hybridized carbons (Fsp3) is 0.621. The van der Waals surface area contributed by atoms with Crippen LogP contribution in [0.2, 0.25) is 0 Å². The molecule has 2 aromatic rings. The molecule has 10 heteroatoms. The van der Waals surface area contributed by atoms with Crippen LogP contribution in [-0.4, -0.2) is 66.3 Å². The van der Waals surface area contributed by atoms with Crippen molar-refractivity contribution in [2.45, 2.75) is 53.0 Å². The minimum Gasteiger partial charge on any atom is -0.489 e. The minimum atomic E-state index is -0.640. The molecule has 3 fully saturated rings. The molecule has 0 spiro atoms. The number of hydrogen-bond acceptors (Lipinski definition) is 8. The summed E-state index contributed by atoms with van der Waals surface area (Å²) in [6.07, 6.45) is 2.96. The molecule has 2 heterocycles. The van der Waals surface area contributed by atoms with Gasteiger partial charge in [-0.3, -0.25) is 9.69 Å². The van der Waals surface area contributed by atoms with Crippen LogP contribution in [0.15, 0.2) is 24.4 Å². The van der Waals surface area contributed by atoms with E-state index in [4.69, 9.17) is 4.74 Å². The SMILES string of the molecule is CCN(CC)CN1CCOc2cc(Nc3ncc(F)c(N[C@@]4(C)[C@@H](C(=O)NC)C[C@@H]5C[C@@H]4C5(C)C)n3)ccc21. The standard InChI is InChI=1S/C29H42FN7O2/c1-7-36(8-2)17-37-11-12-39-23-15-19(9-10-22(23)37)33-27-32-16-21(30)25(34-27)35-29(5)20(26(38)31-6)13-18-14-24(29)28(18,3)4/h9-10,15-16,18,20,24H,7-8,11-14,17H2,1-6H3,(H,31,38)(H2,32,33,34,35)/t18-,20-,24-,29+/m1/s1. The quantitative estimate of drug-likeness (QED) is 0.430. The Morgan fingerprint density at radius 2 is 2.00 bits per heavy atom. The van der Waals surface area contributed by atoms with Gasteiger partial charge in [0.15, 0.2) is 11.6 Å². The molecule has 2 bridgehead atoms. The Hall–Kier alpha value is -3.14. The van der Waals surface area contributed by atoms with Crippen LogP contribution in [0, 0.1) is 29.0 Å². The van der Waals surface area contributed by atoms with Gasteiger partial charge in [0.25, 0.3) is 0 Å². The summed E-state index contributed by atoms with van der Waals surface area (Å²) >= 11 is 0. The Balaban J connectivity index is 1.37. The van der Waals surface area contributed by atoms with Gasteiger partial charge in [0.05, 0.1) is 36.6 Å². The molecule has 1 aromatic carbocycles. The van der Waals surface area contributed by atoms with E-state index in [1.807, 2.05) is 25.1 Å². The first-order valence-electron chi connectivity index (χ1n) is 14.1. The Morgan fingerprint density at radius 1 is 1.23 bits per heavy atom. The van der Waals surface area contributed by atoms with Gasteiger partial charge in [-0.05, 0) is 62.2 Å². The van der Waals surface area contributed by atoms with Gasteiger partial charge in [-0.2, -0.15) is 4.98 Å². The van der Waals surface area contributed by atoms with E-state index in [1.54, 1.807) is 7.05 Å². The molecule has 3 N–H and O–H groups in total. The van der Waals surface area contributed by atoms with Crippen LogP contribution in [0.5, 0.6) is 5.75 Å². The van der Waals surface area contributed by atoms with Gasteiger partial charge in [-0.1, -0.05) is 27.7 Å². The van der Waals surface area contributed by atoms with Crippen molar-refractivity contribution < 1.29 is 13.9 Å². The number of ether oxygens (including phenoxy) is 1. The summed E-state index contributed by atoms with van der Waals surface area (Å²) in [5.41, 5.74) is 1.23. The van der Waals surface area contributed by atoms with Crippen LogP contribution < -0.4 is 25.6 Å². The molecule has 1 aliphatic heterocycles. The summed E-state index contributed by atoms with van der Waals surface area (Å²) in [4.78, 5) is 26.3. The molecule has 39 heavy (non-hydrogen) atoms. The fourth-order valence-electron chi connectivity index (χ4n) is 7.00. The number of aromatic nitrogens is 2. The normalized spacial score (nSPS) is 26.8. The third-order valence-electron chi connectivity index (χ3n) is 9.57. The van der Waals surface area contributed by atoms with Gasteiger partial charge in [-0.25, -0.2) is 9.37 Å². The number of halogens is 1. The van der Waals surface area contributed by atoms with Crippen LogP contribution >= 0.6 is 0 Å². The predicted molar refractivity (Wildman–Crippen MR) is 152 cm³/mol. The number of benzene rings is 1. The summed E-state index contributed by atoms with van der Waals surface area (Å²) in [6, 6.07) is 5.93. The third kappa shape index (κ3) is 4.88. The zero-order chi connectivity index (χ0) is 27.9. The van der Waals surface area contributed by atoms with Crippen molar-refractivity contribution in [2.24, 2.45) is 23.2 Å². The zero-order valence-corrected chi connectivity index (χ0v) is 24.0. The summed E-state index contributed by atoms with van der Waals surface area (Å²) in [5.74, 6) is 1.03. The molecule has 6 rings (SSSR count).